The SMILES string of the molecule is COC(=O)COC(=O)[C@H](CC(C)C)NC(=O)OCc1ccccc1. The first-order valence-electron chi connectivity index (χ1n) is 7.63. The van der Waals surface area contributed by atoms with Crippen molar-refractivity contribution in [3.05, 3.63) is 35.9 Å². The number of methoxy groups -OCH3 is 1. The highest BCUT2D eigenvalue weighted by atomic mass is 16.6. The predicted octanol–water partition coefficient (Wildman–Crippen LogP) is 2.04. The van der Waals surface area contributed by atoms with Crippen LogP contribution in [0.4, 0.5) is 4.79 Å². The second-order valence-corrected chi connectivity index (χ2v) is 5.57. The highest BCUT2D eigenvalue weighted by Gasteiger charge is 2.25. The zero-order valence-corrected chi connectivity index (χ0v) is 14.1. The predicted molar refractivity (Wildman–Crippen MR) is 86.0 cm³/mol. The summed E-state index contributed by atoms with van der Waals surface area (Å²) in [7, 11) is 1.20. The van der Waals surface area contributed by atoms with Crippen molar-refractivity contribution < 1.29 is 28.6 Å². The molecule has 1 atom stereocenters. The van der Waals surface area contributed by atoms with Gasteiger partial charge in [-0.2, -0.15) is 0 Å². The molecule has 0 aliphatic carbocycles. The Balaban J connectivity index is 2.52. The van der Waals surface area contributed by atoms with Crippen molar-refractivity contribution in [2.24, 2.45) is 5.92 Å². The van der Waals surface area contributed by atoms with E-state index in [9.17, 15) is 14.4 Å². The van der Waals surface area contributed by atoms with Crippen LogP contribution in [0.1, 0.15) is 25.8 Å². The molecule has 24 heavy (non-hydrogen) atoms. The molecule has 1 aromatic carbocycles. The summed E-state index contributed by atoms with van der Waals surface area (Å²) in [5.74, 6) is -1.24. The standard InChI is InChI=1S/C17H23NO6/c1-12(2)9-14(16(20)23-11-15(19)22-3)18-17(21)24-10-13-7-5-4-6-8-13/h4-8,12,14H,9-11H2,1-3H3,(H,18,21)/t14-/m0/s1. The Morgan fingerprint density at radius 2 is 1.75 bits per heavy atom. The lowest BCUT2D eigenvalue weighted by atomic mass is 10.0. The lowest BCUT2D eigenvalue weighted by Crippen LogP contribution is -2.43. The molecule has 0 radical (unpaired) electrons. The Bertz CT molecular complexity index is 543. The Kier molecular flexibility index (Phi) is 8.32. The number of alkyl carbamates (subject to hydrolysis) is 1. The number of rotatable bonds is 8. The topological polar surface area (TPSA) is 90.9 Å². The molecular formula is C17H23NO6. The van der Waals surface area contributed by atoms with Gasteiger partial charge in [0.25, 0.3) is 0 Å². The van der Waals surface area contributed by atoms with Gasteiger partial charge < -0.3 is 19.5 Å². The van der Waals surface area contributed by atoms with E-state index in [-0.39, 0.29) is 12.5 Å². The maximum Gasteiger partial charge on any atom is 0.408 e. The van der Waals surface area contributed by atoms with Gasteiger partial charge in [-0.1, -0.05) is 44.2 Å². The van der Waals surface area contributed by atoms with Crippen molar-refractivity contribution in [2.45, 2.75) is 32.9 Å². The van der Waals surface area contributed by atoms with E-state index in [1.54, 1.807) is 0 Å². The summed E-state index contributed by atoms with van der Waals surface area (Å²) in [6, 6.07) is 8.29. The Hall–Kier alpha value is -2.57. The van der Waals surface area contributed by atoms with E-state index in [0.717, 1.165) is 5.56 Å². The molecule has 0 fully saturated rings. The number of benzene rings is 1. The molecule has 7 heteroatoms. The first kappa shape index (κ1) is 19.5. The van der Waals surface area contributed by atoms with Gasteiger partial charge >= 0.3 is 18.0 Å². The zero-order chi connectivity index (χ0) is 17.9. The van der Waals surface area contributed by atoms with Gasteiger partial charge in [0.1, 0.15) is 12.6 Å². The summed E-state index contributed by atoms with van der Waals surface area (Å²) in [4.78, 5) is 34.9. The molecule has 0 aromatic heterocycles. The van der Waals surface area contributed by atoms with Crippen molar-refractivity contribution in [1.29, 1.82) is 0 Å². The third kappa shape index (κ3) is 7.62. The number of hydrogen-bond donors (Lipinski definition) is 1. The van der Waals surface area contributed by atoms with Crippen LogP contribution >= 0.6 is 0 Å². The number of nitrogens with one attached hydrogen (secondary N) is 1. The molecule has 1 amide bonds. The molecule has 0 aliphatic heterocycles. The lowest BCUT2D eigenvalue weighted by Gasteiger charge is -2.19. The summed E-state index contributed by atoms with van der Waals surface area (Å²) >= 11 is 0. The first-order chi connectivity index (χ1) is 11.4. The van der Waals surface area contributed by atoms with E-state index in [1.165, 1.54) is 7.11 Å². The van der Waals surface area contributed by atoms with Gasteiger partial charge in [0, 0.05) is 0 Å². The van der Waals surface area contributed by atoms with Crippen LogP contribution in [0.15, 0.2) is 30.3 Å². The molecule has 0 unspecified atom stereocenters. The average molecular weight is 337 g/mol. The van der Waals surface area contributed by atoms with Gasteiger partial charge in [-0.3, -0.25) is 0 Å². The molecule has 0 saturated heterocycles. The van der Waals surface area contributed by atoms with Gasteiger partial charge in [-0.05, 0) is 17.9 Å². The third-order valence-corrected chi connectivity index (χ3v) is 3.06. The van der Waals surface area contributed by atoms with Crippen LogP contribution in [0.3, 0.4) is 0 Å². The molecule has 0 spiro atoms. The second-order valence-electron chi connectivity index (χ2n) is 5.57. The molecule has 0 bridgehead atoms. The van der Waals surface area contributed by atoms with Crippen LogP contribution < -0.4 is 5.32 Å². The smallest absolute Gasteiger partial charge is 0.408 e. The van der Waals surface area contributed by atoms with E-state index < -0.39 is 30.7 Å². The maximum absolute atomic E-state index is 12.0. The molecule has 1 rings (SSSR count). The quantitative estimate of drug-likeness (QED) is 0.577. The number of hydrogen-bond acceptors (Lipinski definition) is 6. The molecular weight excluding hydrogens is 314 g/mol. The fourth-order valence-corrected chi connectivity index (χ4v) is 1.88. The minimum atomic E-state index is -0.891. The highest BCUT2D eigenvalue weighted by Crippen LogP contribution is 2.08. The first-order valence-corrected chi connectivity index (χ1v) is 7.63. The van der Waals surface area contributed by atoms with Crippen molar-refractivity contribution in [1.82, 2.24) is 5.32 Å². The summed E-state index contributed by atoms with van der Waals surface area (Å²) in [5.41, 5.74) is 0.835. The number of carbonyl (C=O) groups is 3. The van der Waals surface area contributed by atoms with Gasteiger partial charge in [0.2, 0.25) is 0 Å². The molecule has 0 aliphatic rings. The van der Waals surface area contributed by atoms with E-state index in [2.05, 4.69) is 10.1 Å². The normalized spacial score (nSPS) is 11.5. The van der Waals surface area contributed by atoms with Gasteiger partial charge in [-0.15, -0.1) is 0 Å². The fraction of sp³-hybridized carbons (Fsp3) is 0.471. The van der Waals surface area contributed by atoms with Crippen LogP contribution in [-0.2, 0) is 30.4 Å². The minimum Gasteiger partial charge on any atom is -0.466 e. The van der Waals surface area contributed by atoms with Gasteiger partial charge in [0.05, 0.1) is 7.11 Å². The largest absolute Gasteiger partial charge is 0.466 e. The highest BCUT2D eigenvalue weighted by molar-refractivity contribution is 5.83. The zero-order valence-electron chi connectivity index (χ0n) is 14.1. The molecule has 0 heterocycles. The summed E-state index contributed by atoms with van der Waals surface area (Å²) in [6.45, 7) is 3.40. The molecule has 7 nitrogen and oxygen atoms in total. The van der Waals surface area contributed by atoms with Crippen molar-refractivity contribution in [3.63, 3.8) is 0 Å². The van der Waals surface area contributed by atoms with Crippen LogP contribution in [0, 0.1) is 5.92 Å². The molecule has 1 N–H and O–H groups in total. The minimum absolute atomic E-state index is 0.0955. The number of carbonyl (C=O) groups excluding carboxylic acids is 3. The van der Waals surface area contributed by atoms with Crippen molar-refractivity contribution >= 4 is 18.0 Å². The monoisotopic (exact) mass is 337 g/mol. The fourth-order valence-electron chi connectivity index (χ4n) is 1.88. The average Bonchev–Trinajstić information content (AvgIpc) is 2.57. The lowest BCUT2D eigenvalue weighted by molar-refractivity contribution is -0.158. The number of ether oxygens (including phenoxy) is 3. The summed E-state index contributed by atoms with van der Waals surface area (Å²) in [5, 5.41) is 2.47. The van der Waals surface area contributed by atoms with Crippen LogP contribution in [0.5, 0.6) is 0 Å². The van der Waals surface area contributed by atoms with Crippen LogP contribution in [0.2, 0.25) is 0 Å². The van der Waals surface area contributed by atoms with Crippen molar-refractivity contribution in [2.75, 3.05) is 13.7 Å². The van der Waals surface area contributed by atoms with Crippen LogP contribution in [-0.4, -0.2) is 37.8 Å². The van der Waals surface area contributed by atoms with E-state index in [0.29, 0.717) is 6.42 Å². The second kappa shape index (κ2) is 10.3. The third-order valence-electron chi connectivity index (χ3n) is 3.06. The van der Waals surface area contributed by atoms with Crippen molar-refractivity contribution in [3.8, 4) is 0 Å². The Morgan fingerprint density at radius 3 is 2.33 bits per heavy atom. The van der Waals surface area contributed by atoms with Gasteiger partial charge in [-0.25, -0.2) is 14.4 Å². The summed E-state index contributed by atoms with van der Waals surface area (Å²) < 4.78 is 14.3. The Labute approximate surface area is 141 Å². The molecule has 0 saturated carbocycles. The number of esters is 2. The Morgan fingerprint density at radius 1 is 1.08 bits per heavy atom. The number of amides is 1. The summed E-state index contributed by atoms with van der Waals surface area (Å²) in [6.07, 6.45) is -0.361. The van der Waals surface area contributed by atoms with Gasteiger partial charge in [0.15, 0.2) is 6.61 Å². The molecule has 132 valence electrons. The van der Waals surface area contributed by atoms with Crippen LogP contribution in [0.25, 0.3) is 0 Å². The van der Waals surface area contributed by atoms with E-state index in [4.69, 9.17) is 9.47 Å². The van der Waals surface area contributed by atoms with E-state index >= 15 is 0 Å². The van der Waals surface area contributed by atoms with E-state index in [1.807, 2.05) is 44.2 Å². The maximum atomic E-state index is 12.0. The molecule has 1 aromatic rings.